The lowest BCUT2D eigenvalue weighted by molar-refractivity contribution is -0.00373. The lowest BCUT2D eigenvalue weighted by atomic mass is 9.65. The Bertz CT molecular complexity index is 363. The number of piperidine rings is 2. The Morgan fingerprint density at radius 3 is 2.25 bits per heavy atom. The SMILES string of the molecule is CC1(C)CNCC2(CCN(C(=O)OC(C)(C)C)CC2)C1. The maximum atomic E-state index is 12.1. The first-order chi connectivity index (χ1) is 9.11. The van der Waals surface area contributed by atoms with Crippen LogP contribution in [0.15, 0.2) is 0 Å². The fraction of sp³-hybridized carbons (Fsp3) is 0.938. The Hall–Kier alpha value is -0.770. The van der Waals surface area contributed by atoms with E-state index in [0.717, 1.165) is 39.0 Å². The van der Waals surface area contributed by atoms with Gasteiger partial charge in [0.15, 0.2) is 0 Å². The van der Waals surface area contributed by atoms with E-state index in [4.69, 9.17) is 4.74 Å². The van der Waals surface area contributed by atoms with Crippen molar-refractivity contribution in [3.63, 3.8) is 0 Å². The molecule has 0 atom stereocenters. The summed E-state index contributed by atoms with van der Waals surface area (Å²) in [6.07, 6.45) is 3.27. The van der Waals surface area contributed by atoms with Gasteiger partial charge in [0.25, 0.3) is 0 Å². The van der Waals surface area contributed by atoms with Crippen LogP contribution in [0.3, 0.4) is 0 Å². The number of nitrogens with one attached hydrogen (secondary N) is 1. The summed E-state index contributed by atoms with van der Waals surface area (Å²) in [5.41, 5.74) is 0.340. The Balaban J connectivity index is 1.90. The lowest BCUT2D eigenvalue weighted by Gasteiger charge is -2.49. The summed E-state index contributed by atoms with van der Waals surface area (Å²) < 4.78 is 5.47. The minimum atomic E-state index is -0.402. The van der Waals surface area contributed by atoms with Gasteiger partial charge in [0.1, 0.15) is 5.60 Å². The first-order valence-corrected chi connectivity index (χ1v) is 7.80. The first kappa shape index (κ1) is 15.6. The summed E-state index contributed by atoms with van der Waals surface area (Å²) >= 11 is 0. The summed E-state index contributed by atoms with van der Waals surface area (Å²) in [7, 11) is 0. The molecule has 4 heteroatoms. The summed E-state index contributed by atoms with van der Waals surface area (Å²) in [6, 6.07) is 0. The monoisotopic (exact) mass is 282 g/mol. The minimum absolute atomic E-state index is 0.157. The van der Waals surface area contributed by atoms with Crippen LogP contribution in [0.1, 0.15) is 53.9 Å². The molecule has 0 aliphatic carbocycles. The average Bonchev–Trinajstić information content (AvgIpc) is 2.25. The zero-order chi connectivity index (χ0) is 15.0. The van der Waals surface area contributed by atoms with Crippen LogP contribution in [0, 0.1) is 10.8 Å². The van der Waals surface area contributed by atoms with Gasteiger partial charge in [-0.3, -0.25) is 0 Å². The average molecular weight is 282 g/mol. The number of likely N-dealkylation sites (tertiary alicyclic amines) is 1. The maximum absolute atomic E-state index is 12.1. The Morgan fingerprint density at radius 2 is 1.75 bits per heavy atom. The molecule has 20 heavy (non-hydrogen) atoms. The number of ether oxygens (including phenoxy) is 1. The van der Waals surface area contributed by atoms with E-state index >= 15 is 0 Å². The highest BCUT2D eigenvalue weighted by Gasteiger charge is 2.43. The van der Waals surface area contributed by atoms with E-state index in [-0.39, 0.29) is 6.09 Å². The van der Waals surface area contributed by atoms with Gasteiger partial charge in [-0.25, -0.2) is 4.79 Å². The highest BCUT2D eigenvalue weighted by Crippen LogP contribution is 2.44. The fourth-order valence-electron chi connectivity index (χ4n) is 3.65. The predicted molar refractivity (Wildman–Crippen MR) is 80.7 cm³/mol. The van der Waals surface area contributed by atoms with Crippen molar-refractivity contribution in [3.8, 4) is 0 Å². The second-order valence-corrected chi connectivity index (χ2v) is 8.41. The van der Waals surface area contributed by atoms with E-state index in [9.17, 15) is 4.79 Å². The number of carbonyl (C=O) groups is 1. The number of hydrogen-bond donors (Lipinski definition) is 1. The number of nitrogens with zero attached hydrogens (tertiary/aromatic N) is 1. The van der Waals surface area contributed by atoms with Crippen molar-refractivity contribution in [2.75, 3.05) is 26.2 Å². The molecule has 2 saturated heterocycles. The second-order valence-electron chi connectivity index (χ2n) is 8.41. The zero-order valence-corrected chi connectivity index (χ0v) is 13.7. The van der Waals surface area contributed by atoms with Crippen molar-refractivity contribution in [1.82, 2.24) is 10.2 Å². The van der Waals surface area contributed by atoms with Crippen LogP contribution in [-0.2, 0) is 4.74 Å². The molecule has 2 aliphatic heterocycles. The molecule has 0 saturated carbocycles. The van der Waals surface area contributed by atoms with Crippen molar-refractivity contribution >= 4 is 6.09 Å². The highest BCUT2D eigenvalue weighted by molar-refractivity contribution is 5.68. The number of amides is 1. The molecule has 0 aromatic carbocycles. The third-order valence-corrected chi connectivity index (χ3v) is 4.43. The van der Waals surface area contributed by atoms with E-state index in [1.54, 1.807) is 0 Å². The molecule has 0 unspecified atom stereocenters. The topological polar surface area (TPSA) is 41.6 Å². The minimum Gasteiger partial charge on any atom is -0.444 e. The first-order valence-electron chi connectivity index (χ1n) is 7.80. The molecule has 1 spiro atoms. The highest BCUT2D eigenvalue weighted by atomic mass is 16.6. The van der Waals surface area contributed by atoms with Crippen LogP contribution in [0.4, 0.5) is 4.79 Å². The molecule has 116 valence electrons. The Kier molecular flexibility index (Phi) is 4.07. The largest absolute Gasteiger partial charge is 0.444 e. The molecule has 2 heterocycles. The van der Waals surface area contributed by atoms with Gasteiger partial charge in [-0.05, 0) is 50.9 Å². The van der Waals surface area contributed by atoms with Crippen LogP contribution in [0.5, 0.6) is 0 Å². The van der Waals surface area contributed by atoms with Crippen molar-refractivity contribution in [2.24, 2.45) is 10.8 Å². The van der Waals surface area contributed by atoms with Gasteiger partial charge in [0.05, 0.1) is 0 Å². The van der Waals surface area contributed by atoms with Crippen LogP contribution in [-0.4, -0.2) is 42.8 Å². The van der Waals surface area contributed by atoms with Gasteiger partial charge in [-0.15, -0.1) is 0 Å². The molecule has 0 aromatic heterocycles. The number of rotatable bonds is 0. The molecular weight excluding hydrogens is 252 g/mol. The molecule has 2 fully saturated rings. The Labute approximate surface area is 123 Å². The van der Waals surface area contributed by atoms with Crippen molar-refractivity contribution < 1.29 is 9.53 Å². The maximum Gasteiger partial charge on any atom is 0.410 e. The quantitative estimate of drug-likeness (QED) is 0.742. The van der Waals surface area contributed by atoms with Gasteiger partial charge in [-0.1, -0.05) is 13.8 Å². The summed E-state index contributed by atoms with van der Waals surface area (Å²) in [4.78, 5) is 14.0. The predicted octanol–water partition coefficient (Wildman–Crippen LogP) is 3.02. The Morgan fingerprint density at radius 1 is 1.15 bits per heavy atom. The number of hydrogen-bond acceptors (Lipinski definition) is 3. The van der Waals surface area contributed by atoms with Crippen molar-refractivity contribution in [3.05, 3.63) is 0 Å². The van der Waals surface area contributed by atoms with E-state index in [2.05, 4.69) is 19.2 Å². The van der Waals surface area contributed by atoms with Crippen molar-refractivity contribution in [2.45, 2.75) is 59.5 Å². The van der Waals surface area contributed by atoms with Crippen molar-refractivity contribution in [1.29, 1.82) is 0 Å². The zero-order valence-electron chi connectivity index (χ0n) is 13.7. The smallest absolute Gasteiger partial charge is 0.410 e. The van der Waals surface area contributed by atoms with Gasteiger partial charge in [0.2, 0.25) is 0 Å². The molecule has 0 aromatic rings. The van der Waals surface area contributed by atoms with E-state index in [1.807, 2.05) is 25.7 Å². The van der Waals surface area contributed by atoms with Gasteiger partial charge < -0.3 is 15.0 Å². The van der Waals surface area contributed by atoms with Gasteiger partial charge in [-0.2, -0.15) is 0 Å². The standard InChI is InChI=1S/C16H30N2O2/c1-14(2,3)20-13(19)18-8-6-16(7-9-18)10-15(4,5)11-17-12-16/h17H,6-12H2,1-5H3. The van der Waals surface area contributed by atoms with E-state index in [1.165, 1.54) is 6.42 Å². The number of carbonyl (C=O) groups excluding carboxylic acids is 1. The van der Waals surface area contributed by atoms with E-state index < -0.39 is 5.60 Å². The molecule has 2 rings (SSSR count). The molecule has 0 bridgehead atoms. The van der Waals surface area contributed by atoms with Crippen LogP contribution in [0.25, 0.3) is 0 Å². The van der Waals surface area contributed by atoms with Gasteiger partial charge >= 0.3 is 6.09 Å². The third kappa shape index (κ3) is 3.87. The normalized spacial score (nSPS) is 25.6. The van der Waals surface area contributed by atoms with Crippen LogP contribution < -0.4 is 5.32 Å². The van der Waals surface area contributed by atoms with E-state index in [0.29, 0.717) is 10.8 Å². The fourth-order valence-corrected chi connectivity index (χ4v) is 3.65. The molecule has 1 amide bonds. The van der Waals surface area contributed by atoms with Crippen LogP contribution in [0.2, 0.25) is 0 Å². The molecular formula is C16H30N2O2. The summed E-state index contributed by atoms with van der Waals surface area (Å²) in [5.74, 6) is 0. The van der Waals surface area contributed by atoms with Crippen LogP contribution >= 0.6 is 0 Å². The third-order valence-electron chi connectivity index (χ3n) is 4.43. The lowest BCUT2D eigenvalue weighted by Crippen LogP contribution is -2.54. The summed E-state index contributed by atoms with van der Waals surface area (Å²) in [6.45, 7) is 14.3. The molecule has 2 aliphatic rings. The van der Waals surface area contributed by atoms with Gasteiger partial charge in [0, 0.05) is 26.2 Å². The molecule has 4 nitrogen and oxygen atoms in total. The molecule has 1 N–H and O–H groups in total. The molecule has 0 radical (unpaired) electrons. The summed E-state index contributed by atoms with van der Waals surface area (Å²) in [5, 5.41) is 3.58. The second kappa shape index (κ2) is 5.21.